The van der Waals surface area contributed by atoms with Crippen molar-refractivity contribution in [3.05, 3.63) is 12.4 Å². The smallest absolute Gasteiger partial charge is 0.222 e. The zero-order valence-electron chi connectivity index (χ0n) is 6.86. The van der Waals surface area contributed by atoms with E-state index >= 15 is 0 Å². The number of aliphatic hydroxyl groups excluding tert-OH is 1. The Morgan fingerprint density at radius 3 is 2.67 bits per heavy atom. The maximum absolute atomic E-state index is 8.93. The monoisotopic (exact) mass is 168 g/mol. The highest BCUT2D eigenvalue weighted by Gasteiger charge is 1.97. The highest BCUT2D eigenvalue weighted by Crippen LogP contribution is 2.00. The summed E-state index contributed by atoms with van der Waals surface area (Å²) in [6.07, 6.45) is 2.61. The van der Waals surface area contributed by atoms with Gasteiger partial charge in [0.05, 0.1) is 24.2 Å². The number of anilines is 2. The molecule has 0 amide bonds. The molecule has 0 saturated carbocycles. The molecule has 66 valence electrons. The Kier molecular flexibility index (Phi) is 2.82. The van der Waals surface area contributed by atoms with Crippen molar-refractivity contribution < 1.29 is 5.11 Å². The molecule has 0 fully saturated rings. The molecule has 12 heavy (non-hydrogen) atoms. The van der Waals surface area contributed by atoms with Crippen molar-refractivity contribution in [3.63, 3.8) is 0 Å². The van der Waals surface area contributed by atoms with Crippen LogP contribution in [0.1, 0.15) is 6.92 Å². The Bertz CT molecular complexity index is 234. The molecule has 0 bridgehead atoms. The van der Waals surface area contributed by atoms with E-state index in [1.165, 1.54) is 12.4 Å². The van der Waals surface area contributed by atoms with Gasteiger partial charge in [-0.15, -0.1) is 0 Å². The van der Waals surface area contributed by atoms with Crippen LogP contribution in [-0.2, 0) is 0 Å². The van der Waals surface area contributed by atoms with Crippen molar-refractivity contribution in [2.45, 2.75) is 13.0 Å². The van der Waals surface area contributed by atoms with Gasteiger partial charge in [0.1, 0.15) is 0 Å². The van der Waals surface area contributed by atoms with E-state index in [1.807, 2.05) is 0 Å². The number of nitrogen functional groups attached to an aromatic ring is 1. The maximum atomic E-state index is 8.93. The van der Waals surface area contributed by atoms with Gasteiger partial charge in [0.25, 0.3) is 0 Å². The number of hydrogen-bond acceptors (Lipinski definition) is 5. The second-order valence-electron chi connectivity index (χ2n) is 2.57. The largest absolute Gasteiger partial charge is 0.396 e. The van der Waals surface area contributed by atoms with E-state index in [4.69, 9.17) is 10.8 Å². The van der Waals surface area contributed by atoms with Crippen molar-refractivity contribution in [3.8, 4) is 0 Å². The van der Waals surface area contributed by atoms with Crippen molar-refractivity contribution in [1.29, 1.82) is 0 Å². The molecular formula is C7H12N4O. The fourth-order valence-corrected chi connectivity index (χ4v) is 0.668. The molecule has 5 heteroatoms. The SMILES string of the molecule is CC(O)CNc1ncc(N)cn1. The number of aliphatic hydroxyl groups is 1. The van der Waals surface area contributed by atoms with Crippen LogP contribution in [0.3, 0.4) is 0 Å². The van der Waals surface area contributed by atoms with E-state index in [9.17, 15) is 0 Å². The number of nitrogens with zero attached hydrogens (tertiary/aromatic N) is 2. The maximum Gasteiger partial charge on any atom is 0.222 e. The van der Waals surface area contributed by atoms with Crippen molar-refractivity contribution in [2.75, 3.05) is 17.6 Å². The molecule has 0 radical (unpaired) electrons. The first-order valence-electron chi connectivity index (χ1n) is 3.68. The molecule has 0 aromatic carbocycles. The van der Waals surface area contributed by atoms with Crippen molar-refractivity contribution >= 4 is 11.6 Å². The molecule has 0 spiro atoms. The summed E-state index contributed by atoms with van der Waals surface area (Å²) >= 11 is 0. The van der Waals surface area contributed by atoms with Gasteiger partial charge in [-0.3, -0.25) is 0 Å². The molecule has 1 atom stereocenters. The molecule has 0 aliphatic carbocycles. The minimum absolute atomic E-state index is 0.411. The molecule has 1 heterocycles. The van der Waals surface area contributed by atoms with E-state index < -0.39 is 6.10 Å². The van der Waals surface area contributed by atoms with Gasteiger partial charge in [0.2, 0.25) is 5.95 Å². The number of nitrogens with one attached hydrogen (secondary N) is 1. The summed E-state index contributed by atoms with van der Waals surface area (Å²) in [6.45, 7) is 2.12. The normalized spacial score (nSPS) is 12.5. The van der Waals surface area contributed by atoms with Crippen LogP contribution in [0.4, 0.5) is 11.6 Å². The van der Waals surface area contributed by atoms with Gasteiger partial charge in [-0.2, -0.15) is 0 Å². The molecule has 0 saturated heterocycles. The van der Waals surface area contributed by atoms with E-state index in [0.29, 0.717) is 18.2 Å². The summed E-state index contributed by atoms with van der Waals surface area (Å²) in [7, 11) is 0. The van der Waals surface area contributed by atoms with E-state index in [0.717, 1.165) is 0 Å². The Hall–Kier alpha value is -1.36. The van der Waals surface area contributed by atoms with Crippen LogP contribution in [-0.4, -0.2) is 27.7 Å². The number of rotatable bonds is 3. The number of hydrogen-bond donors (Lipinski definition) is 3. The predicted molar refractivity (Wildman–Crippen MR) is 46.6 cm³/mol. The summed E-state index contributed by atoms with van der Waals surface area (Å²) in [6, 6.07) is 0. The Morgan fingerprint density at radius 1 is 1.58 bits per heavy atom. The predicted octanol–water partition coefficient (Wildman–Crippen LogP) is -0.149. The fourth-order valence-electron chi connectivity index (χ4n) is 0.668. The van der Waals surface area contributed by atoms with Crippen LogP contribution in [0.2, 0.25) is 0 Å². The lowest BCUT2D eigenvalue weighted by molar-refractivity contribution is 0.208. The van der Waals surface area contributed by atoms with Crippen LogP contribution in [0.15, 0.2) is 12.4 Å². The fraction of sp³-hybridized carbons (Fsp3) is 0.429. The zero-order chi connectivity index (χ0) is 8.97. The third-order valence-electron chi connectivity index (χ3n) is 1.23. The zero-order valence-corrected chi connectivity index (χ0v) is 6.86. The van der Waals surface area contributed by atoms with Crippen molar-refractivity contribution in [1.82, 2.24) is 9.97 Å². The summed E-state index contributed by atoms with van der Waals surface area (Å²) in [5.74, 6) is 0.477. The second kappa shape index (κ2) is 3.87. The molecule has 0 aliphatic rings. The highest BCUT2D eigenvalue weighted by atomic mass is 16.3. The van der Waals surface area contributed by atoms with Gasteiger partial charge in [-0.1, -0.05) is 0 Å². The standard InChI is InChI=1S/C7H12N4O/c1-5(12)2-9-7-10-3-6(8)4-11-7/h3-5,12H,2,8H2,1H3,(H,9,10,11). The Morgan fingerprint density at radius 2 is 2.17 bits per heavy atom. The van der Waals surface area contributed by atoms with Gasteiger partial charge in [-0.05, 0) is 6.92 Å². The average Bonchev–Trinajstić information content (AvgIpc) is 2.03. The third kappa shape index (κ3) is 2.71. The van der Waals surface area contributed by atoms with Gasteiger partial charge >= 0.3 is 0 Å². The minimum atomic E-state index is -0.411. The minimum Gasteiger partial charge on any atom is -0.396 e. The molecule has 5 nitrogen and oxygen atoms in total. The molecule has 1 unspecified atom stereocenters. The first-order chi connectivity index (χ1) is 5.68. The third-order valence-corrected chi connectivity index (χ3v) is 1.23. The van der Waals surface area contributed by atoms with Gasteiger partial charge in [0.15, 0.2) is 0 Å². The van der Waals surface area contributed by atoms with Crippen LogP contribution < -0.4 is 11.1 Å². The summed E-state index contributed by atoms with van der Waals surface area (Å²) in [4.78, 5) is 7.78. The first kappa shape index (κ1) is 8.73. The molecule has 1 aromatic heterocycles. The molecule has 1 aromatic rings. The van der Waals surface area contributed by atoms with E-state index in [-0.39, 0.29) is 0 Å². The lowest BCUT2D eigenvalue weighted by Crippen LogP contribution is -2.16. The van der Waals surface area contributed by atoms with E-state index in [2.05, 4.69) is 15.3 Å². The average molecular weight is 168 g/mol. The second-order valence-corrected chi connectivity index (χ2v) is 2.57. The highest BCUT2D eigenvalue weighted by molar-refractivity contribution is 5.35. The van der Waals surface area contributed by atoms with Crippen molar-refractivity contribution in [2.24, 2.45) is 0 Å². The van der Waals surface area contributed by atoms with Crippen LogP contribution >= 0.6 is 0 Å². The lowest BCUT2D eigenvalue weighted by atomic mass is 10.4. The summed E-state index contributed by atoms with van der Waals surface area (Å²) in [5.41, 5.74) is 5.91. The van der Waals surface area contributed by atoms with Crippen LogP contribution in [0.25, 0.3) is 0 Å². The topological polar surface area (TPSA) is 84.1 Å². The van der Waals surface area contributed by atoms with Gasteiger partial charge in [0, 0.05) is 6.54 Å². The summed E-state index contributed by atoms with van der Waals surface area (Å²) < 4.78 is 0. The Labute approximate surface area is 70.6 Å². The van der Waals surface area contributed by atoms with E-state index in [1.54, 1.807) is 6.92 Å². The molecule has 0 aliphatic heterocycles. The lowest BCUT2D eigenvalue weighted by Gasteiger charge is -2.05. The number of nitrogens with two attached hydrogens (primary N) is 1. The summed E-state index contributed by atoms with van der Waals surface area (Å²) in [5, 5.41) is 11.8. The quantitative estimate of drug-likeness (QED) is 0.584. The van der Waals surface area contributed by atoms with Crippen LogP contribution in [0.5, 0.6) is 0 Å². The molecule has 1 rings (SSSR count). The number of aromatic nitrogens is 2. The molecular weight excluding hydrogens is 156 g/mol. The van der Waals surface area contributed by atoms with Crippen LogP contribution in [0, 0.1) is 0 Å². The molecule has 4 N–H and O–H groups in total. The van der Waals surface area contributed by atoms with Gasteiger partial charge < -0.3 is 16.2 Å². The first-order valence-corrected chi connectivity index (χ1v) is 3.68. The van der Waals surface area contributed by atoms with Gasteiger partial charge in [-0.25, -0.2) is 9.97 Å². The Balaban J connectivity index is 2.48.